The molecule has 21 heavy (non-hydrogen) atoms. The van der Waals surface area contributed by atoms with E-state index in [1.807, 2.05) is 20.1 Å². The number of rotatable bonds is 9. The van der Waals surface area contributed by atoms with Crippen molar-refractivity contribution in [2.24, 2.45) is 0 Å². The van der Waals surface area contributed by atoms with Gasteiger partial charge in [-0.15, -0.1) is 11.3 Å². The number of hydrogen-bond donors (Lipinski definition) is 1. The van der Waals surface area contributed by atoms with Crippen LogP contribution >= 0.6 is 39.0 Å². The summed E-state index contributed by atoms with van der Waals surface area (Å²) in [6.45, 7) is 5.54. The van der Waals surface area contributed by atoms with E-state index in [9.17, 15) is 8.42 Å². The summed E-state index contributed by atoms with van der Waals surface area (Å²) in [5.41, 5.74) is 0. The van der Waals surface area contributed by atoms with Gasteiger partial charge in [-0.05, 0) is 53.9 Å². The highest BCUT2D eigenvalue weighted by Crippen LogP contribution is 2.34. The predicted molar refractivity (Wildman–Crippen MR) is 96.8 cm³/mol. The molecule has 0 saturated carbocycles. The molecule has 0 aliphatic heterocycles. The number of hydrogen-bond acceptors (Lipinski definition) is 5. The smallest absolute Gasteiger partial charge is 0.245 e. The number of sulfonamides is 1. The van der Waals surface area contributed by atoms with Gasteiger partial charge in [0.15, 0.2) is 0 Å². The van der Waals surface area contributed by atoms with Crippen LogP contribution in [0.25, 0.3) is 0 Å². The molecule has 1 rings (SSSR count). The third-order valence-electron chi connectivity index (χ3n) is 3.27. The quantitative estimate of drug-likeness (QED) is 0.672. The first kappa shape index (κ1) is 19.4. The fourth-order valence-electron chi connectivity index (χ4n) is 1.77. The molecule has 4 nitrogen and oxygen atoms in total. The van der Waals surface area contributed by atoms with E-state index >= 15 is 0 Å². The topological polar surface area (TPSA) is 49.4 Å². The number of halogens is 1. The first-order chi connectivity index (χ1) is 9.84. The minimum atomic E-state index is -3.44. The van der Waals surface area contributed by atoms with Gasteiger partial charge in [0.25, 0.3) is 0 Å². The summed E-state index contributed by atoms with van der Waals surface area (Å²) in [6, 6.07) is 1.76. The lowest BCUT2D eigenvalue weighted by Gasteiger charge is -2.23. The zero-order chi connectivity index (χ0) is 16.0. The van der Waals surface area contributed by atoms with E-state index in [2.05, 4.69) is 21.2 Å². The summed E-state index contributed by atoms with van der Waals surface area (Å²) in [4.78, 5) is 1.39. The molecular weight excluding hydrogens is 392 g/mol. The molecule has 0 aliphatic rings. The molecule has 8 heteroatoms. The van der Waals surface area contributed by atoms with Crippen LogP contribution in [0.1, 0.15) is 25.1 Å². The van der Waals surface area contributed by atoms with Crippen LogP contribution in [0.3, 0.4) is 0 Å². The number of thioether (sulfide) groups is 1. The Labute approximate surface area is 144 Å². The van der Waals surface area contributed by atoms with Crippen LogP contribution < -0.4 is 5.32 Å². The summed E-state index contributed by atoms with van der Waals surface area (Å²) in [7, 11) is -1.78. The van der Waals surface area contributed by atoms with Crippen molar-refractivity contribution < 1.29 is 8.42 Å². The van der Waals surface area contributed by atoms with Crippen molar-refractivity contribution in [3.63, 3.8) is 0 Å². The van der Waals surface area contributed by atoms with E-state index in [1.54, 1.807) is 24.9 Å². The Morgan fingerprint density at radius 3 is 2.76 bits per heavy atom. The van der Waals surface area contributed by atoms with Crippen LogP contribution in [0.4, 0.5) is 0 Å². The second kappa shape index (κ2) is 8.88. The van der Waals surface area contributed by atoms with E-state index in [-0.39, 0.29) is 6.04 Å². The Morgan fingerprint density at radius 1 is 1.52 bits per heavy atom. The van der Waals surface area contributed by atoms with Crippen molar-refractivity contribution in [1.82, 2.24) is 9.62 Å². The minimum Gasteiger partial charge on any atom is -0.312 e. The Balaban J connectivity index is 2.93. The van der Waals surface area contributed by atoms with Gasteiger partial charge >= 0.3 is 0 Å². The van der Waals surface area contributed by atoms with E-state index in [1.165, 1.54) is 15.6 Å². The fraction of sp³-hybridized carbons (Fsp3) is 0.692. The molecule has 1 heterocycles. The summed E-state index contributed by atoms with van der Waals surface area (Å²) in [5, 5.41) is 3.21. The van der Waals surface area contributed by atoms with Gasteiger partial charge in [-0.1, -0.05) is 6.92 Å². The predicted octanol–water partition coefficient (Wildman–Crippen LogP) is 3.38. The summed E-state index contributed by atoms with van der Waals surface area (Å²) >= 11 is 6.60. The van der Waals surface area contributed by atoms with Crippen LogP contribution in [-0.2, 0) is 16.6 Å². The molecule has 0 fully saturated rings. The molecule has 0 bridgehead atoms. The number of nitrogens with zero attached hydrogens (tertiary/aromatic N) is 1. The monoisotopic (exact) mass is 414 g/mol. The highest BCUT2D eigenvalue weighted by molar-refractivity contribution is 9.11. The average molecular weight is 415 g/mol. The Bertz CT molecular complexity index is 546. The maximum absolute atomic E-state index is 12.7. The molecule has 0 radical (unpaired) electrons. The van der Waals surface area contributed by atoms with Gasteiger partial charge in [0.05, 0.1) is 3.79 Å². The highest BCUT2D eigenvalue weighted by Gasteiger charge is 2.28. The van der Waals surface area contributed by atoms with Gasteiger partial charge in [0.1, 0.15) is 4.90 Å². The zero-order valence-corrected chi connectivity index (χ0v) is 16.9. The Kier molecular flexibility index (Phi) is 8.23. The van der Waals surface area contributed by atoms with Gasteiger partial charge in [-0.2, -0.15) is 16.1 Å². The molecule has 0 amide bonds. The van der Waals surface area contributed by atoms with E-state index in [4.69, 9.17) is 0 Å². The molecule has 0 aromatic carbocycles. The number of nitrogens with one attached hydrogen (secondary N) is 1. The van der Waals surface area contributed by atoms with Gasteiger partial charge < -0.3 is 5.32 Å². The van der Waals surface area contributed by atoms with Crippen molar-refractivity contribution in [1.29, 1.82) is 0 Å². The van der Waals surface area contributed by atoms with Crippen molar-refractivity contribution in [2.45, 2.75) is 37.8 Å². The second-order valence-corrected chi connectivity index (χ2v) is 10.2. The molecule has 0 saturated heterocycles. The van der Waals surface area contributed by atoms with Crippen LogP contribution in [0.2, 0.25) is 0 Å². The molecule has 0 aliphatic carbocycles. The maximum atomic E-state index is 12.7. The van der Waals surface area contributed by atoms with Crippen molar-refractivity contribution in [2.75, 3.05) is 25.6 Å². The van der Waals surface area contributed by atoms with E-state index < -0.39 is 10.0 Å². The largest absolute Gasteiger partial charge is 0.312 e. The summed E-state index contributed by atoms with van der Waals surface area (Å²) in [5.74, 6) is 0.956. The fourth-order valence-corrected chi connectivity index (χ4v) is 6.34. The molecule has 122 valence electrons. The van der Waals surface area contributed by atoms with Gasteiger partial charge in [0.2, 0.25) is 10.0 Å². The molecule has 1 atom stereocenters. The lowest BCUT2D eigenvalue weighted by molar-refractivity contribution is 0.382. The molecule has 0 spiro atoms. The van der Waals surface area contributed by atoms with E-state index in [0.29, 0.717) is 15.2 Å². The molecule has 1 unspecified atom stereocenters. The molecule has 1 aromatic rings. The summed E-state index contributed by atoms with van der Waals surface area (Å²) in [6.07, 6.45) is 2.88. The van der Waals surface area contributed by atoms with Crippen LogP contribution in [0, 0.1) is 0 Å². The van der Waals surface area contributed by atoms with Crippen LogP contribution in [0.5, 0.6) is 0 Å². The summed E-state index contributed by atoms with van der Waals surface area (Å²) < 4.78 is 27.6. The van der Waals surface area contributed by atoms with Gasteiger partial charge in [-0.25, -0.2) is 8.42 Å². The van der Waals surface area contributed by atoms with Gasteiger partial charge in [0, 0.05) is 24.5 Å². The molecule has 1 aromatic heterocycles. The minimum absolute atomic E-state index is 0.00790. The highest BCUT2D eigenvalue weighted by atomic mass is 79.9. The lowest BCUT2D eigenvalue weighted by Crippen LogP contribution is -2.35. The lowest BCUT2D eigenvalue weighted by atomic mass is 10.3. The Morgan fingerprint density at radius 2 is 2.19 bits per heavy atom. The zero-order valence-electron chi connectivity index (χ0n) is 12.8. The third-order valence-corrected chi connectivity index (χ3v) is 8.14. The first-order valence-corrected chi connectivity index (χ1v) is 11.2. The molecular formula is C13H23BrN2O2S3. The average Bonchev–Trinajstić information content (AvgIpc) is 2.83. The van der Waals surface area contributed by atoms with Crippen LogP contribution in [-0.4, -0.2) is 44.4 Å². The van der Waals surface area contributed by atoms with Crippen molar-refractivity contribution in [3.8, 4) is 0 Å². The standard InChI is InChI=1S/C13H23BrN2O2S3/c1-5-15-9-11-8-12(13(14)20-11)21(17,18)16(3)10(2)6-7-19-4/h8,10,15H,5-7,9H2,1-4H3. The second-order valence-electron chi connectivity index (χ2n) is 4.78. The first-order valence-electron chi connectivity index (χ1n) is 6.80. The molecule has 1 N–H and O–H groups in total. The van der Waals surface area contributed by atoms with Crippen molar-refractivity contribution in [3.05, 3.63) is 14.7 Å². The van der Waals surface area contributed by atoms with E-state index in [0.717, 1.165) is 23.6 Å². The normalized spacial score (nSPS) is 13.8. The number of thiophene rings is 1. The Hall–Kier alpha value is 0.400. The van der Waals surface area contributed by atoms with Gasteiger partial charge in [-0.3, -0.25) is 0 Å². The van der Waals surface area contributed by atoms with Crippen LogP contribution in [0.15, 0.2) is 14.7 Å². The SMILES string of the molecule is CCNCc1cc(S(=O)(=O)N(C)C(C)CCSC)c(Br)s1. The maximum Gasteiger partial charge on any atom is 0.245 e. The van der Waals surface area contributed by atoms with Crippen molar-refractivity contribution >= 4 is 49.1 Å². The third kappa shape index (κ3) is 5.21.